The van der Waals surface area contributed by atoms with E-state index in [0.717, 1.165) is 22.8 Å². The number of carbonyl (C=O) groups excluding carboxylic acids is 1. The maximum atomic E-state index is 12.0. The van der Waals surface area contributed by atoms with Crippen LogP contribution >= 0.6 is 11.8 Å². The molecule has 1 aromatic rings. The fraction of sp³-hybridized carbons (Fsp3) is 0.462. The lowest BCUT2D eigenvalue weighted by Crippen LogP contribution is -2.45. The van der Waals surface area contributed by atoms with Crippen LogP contribution in [-0.4, -0.2) is 28.1 Å². The van der Waals surface area contributed by atoms with Crippen molar-refractivity contribution in [3.63, 3.8) is 0 Å². The Labute approximate surface area is 106 Å². The fourth-order valence-corrected chi connectivity index (χ4v) is 2.99. The number of aryl methyl sites for hydroxylation is 1. The number of aliphatic hydroxyl groups is 1. The maximum Gasteiger partial charge on any atom is 0.256 e. The van der Waals surface area contributed by atoms with Crippen molar-refractivity contribution >= 4 is 23.4 Å². The van der Waals surface area contributed by atoms with Crippen molar-refractivity contribution in [2.24, 2.45) is 0 Å². The summed E-state index contributed by atoms with van der Waals surface area (Å²) in [7, 11) is 0. The third-order valence-electron chi connectivity index (χ3n) is 3.05. The lowest BCUT2D eigenvalue weighted by Gasteiger charge is -2.30. The Morgan fingerprint density at radius 3 is 2.47 bits per heavy atom. The van der Waals surface area contributed by atoms with E-state index in [1.165, 1.54) is 0 Å². The van der Waals surface area contributed by atoms with Crippen molar-refractivity contribution < 1.29 is 9.90 Å². The number of thioether (sulfide) groups is 1. The van der Waals surface area contributed by atoms with Gasteiger partial charge in [-0.3, -0.25) is 4.79 Å². The molecule has 0 aliphatic carbocycles. The van der Waals surface area contributed by atoms with E-state index < -0.39 is 5.60 Å². The Kier molecular flexibility index (Phi) is 3.74. The van der Waals surface area contributed by atoms with E-state index in [1.54, 1.807) is 11.8 Å². The second-order valence-electron chi connectivity index (χ2n) is 4.46. The Morgan fingerprint density at radius 2 is 1.88 bits per heavy atom. The molecule has 2 N–H and O–H groups in total. The highest BCUT2D eigenvalue weighted by atomic mass is 32.2. The predicted octanol–water partition coefficient (Wildman–Crippen LogP) is 2.19. The molecule has 1 aromatic carbocycles. The Balaban J connectivity index is 2.03. The largest absolute Gasteiger partial charge is 0.380 e. The van der Waals surface area contributed by atoms with Crippen molar-refractivity contribution in [1.82, 2.24) is 0 Å². The van der Waals surface area contributed by atoms with E-state index in [4.69, 9.17) is 0 Å². The molecule has 1 amide bonds. The minimum atomic E-state index is -1.18. The molecule has 0 unspecified atom stereocenters. The summed E-state index contributed by atoms with van der Waals surface area (Å²) in [4.78, 5) is 12.0. The maximum absolute atomic E-state index is 12.0. The lowest BCUT2D eigenvalue weighted by atomic mass is 9.95. The summed E-state index contributed by atoms with van der Waals surface area (Å²) in [5, 5.41) is 13.0. The number of hydrogen-bond acceptors (Lipinski definition) is 3. The molecule has 3 nitrogen and oxygen atoms in total. The van der Waals surface area contributed by atoms with Gasteiger partial charge in [0, 0.05) is 5.69 Å². The third-order valence-corrected chi connectivity index (χ3v) is 4.04. The highest BCUT2D eigenvalue weighted by molar-refractivity contribution is 7.99. The summed E-state index contributed by atoms with van der Waals surface area (Å²) >= 11 is 1.78. The lowest BCUT2D eigenvalue weighted by molar-refractivity contribution is -0.134. The van der Waals surface area contributed by atoms with Crippen LogP contribution in [0.4, 0.5) is 5.69 Å². The first-order chi connectivity index (χ1) is 8.10. The molecule has 0 bridgehead atoms. The van der Waals surface area contributed by atoms with Crippen LogP contribution in [0.3, 0.4) is 0 Å². The molecule has 0 atom stereocenters. The van der Waals surface area contributed by atoms with Crippen molar-refractivity contribution in [3.05, 3.63) is 29.8 Å². The molecular formula is C13H17NO2S. The van der Waals surface area contributed by atoms with E-state index in [9.17, 15) is 9.90 Å². The van der Waals surface area contributed by atoms with Gasteiger partial charge in [0.05, 0.1) is 0 Å². The summed E-state index contributed by atoms with van der Waals surface area (Å²) in [6.07, 6.45) is 1.07. The molecule has 1 heterocycles. The van der Waals surface area contributed by atoms with E-state index in [0.29, 0.717) is 12.8 Å². The van der Waals surface area contributed by atoms with Crippen LogP contribution in [0.2, 0.25) is 0 Å². The molecule has 0 aromatic heterocycles. The normalized spacial score (nSPS) is 18.7. The van der Waals surface area contributed by atoms with Crippen LogP contribution < -0.4 is 5.32 Å². The zero-order chi connectivity index (χ0) is 12.3. The number of rotatable bonds is 2. The first-order valence-electron chi connectivity index (χ1n) is 5.78. The molecule has 17 heavy (non-hydrogen) atoms. The fourth-order valence-electron chi connectivity index (χ4n) is 1.82. The number of nitrogens with one attached hydrogen (secondary N) is 1. The summed E-state index contributed by atoms with van der Waals surface area (Å²) in [5.41, 5.74) is 0.707. The van der Waals surface area contributed by atoms with Gasteiger partial charge in [0.2, 0.25) is 0 Å². The highest BCUT2D eigenvalue weighted by Crippen LogP contribution is 2.28. The zero-order valence-corrected chi connectivity index (χ0v) is 10.7. The van der Waals surface area contributed by atoms with E-state index in [2.05, 4.69) is 5.32 Å². The number of benzene rings is 1. The zero-order valence-electron chi connectivity index (χ0n) is 9.90. The Hall–Kier alpha value is -1.00. The molecule has 0 spiro atoms. The van der Waals surface area contributed by atoms with Crippen molar-refractivity contribution in [1.29, 1.82) is 0 Å². The van der Waals surface area contributed by atoms with Crippen molar-refractivity contribution in [2.45, 2.75) is 25.4 Å². The molecular weight excluding hydrogens is 234 g/mol. The second-order valence-corrected chi connectivity index (χ2v) is 5.69. The van der Waals surface area contributed by atoms with E-state index in [1.807, 2.05) is 31.2 Å². The van der Waals surface area contributed by atoms with Gasteiger partial charge in [-0.25, -0.2) is 0 Å². The van der Waals surface area contributed by atoms with Gasteiger partial charge in [-0.2, -0.15) is 11.8 Å². The van der Waals surface area contributed by atoms with Crippen LogP contribution in [0, 0.1) is 6.92 Å². The first-order valence-corrected chi connectivity index (χ1v) is 6.94. The summed E-state index contributed by atoms with van der Waals surface area (Å²) in [6.45, 7) is 2.00. The minimum absolute atomic E-state index is 0.276. The molecule has 1 saturated heterocycles. The SMILES string of the molecule is Cc1ccc(NC(=O)C2(O)CCSCC2)cc1. The second kappa shape index (κ2) is 5.10. The van der Waals surface area contributed by atoms with Gasteiger partial charge in [0.15, 0.2) is 0 Å². The van der Waals surface area contributed by atoms with Gasteiger partial charge in [0.25, 0.3) is 5.91 Å². The summed E-state index contributed by atoms with van der Waals surface area (Å²) < 4.78 is 0. The van der Waals surface area contributed by atoms with Crippen LogP contribution in [0.5, 0.6) is 0 Å². The van der Waals surface area contributed by atoms with Crippen molar-refractivity contribution in [2.75, 3.05) is 16.8 Å². The number of carbonyl (C=O) groups is 1. The average molecular weight is 251 g/mol. The number of anilines is 1. The van der Waals surface area contributed by atoms with Gasteiger partial charge in [0.1, 0.15) is 5.60 Å². The van der Waals surface area contributed by atoms with E-state index >= 15 is 0 Å². The molecule has 4 heteroatoms. The van der Waals surface area contributed by atoms with E-state index in [-0.39, 0.29) is 5.91 Å². The number of amides is 1. The van der Waals surface area contributed by atoms with Crippen LogP contribution in [0.1, 0.15) is 18.4 Å². The van der Waals surface area contributed by atoms with Gasteiger partial charge in [-0.15, -0.1) is 0 Å². The quantitative estimate of drug-likeness (QED) is 0.847. The standard InChI is InChI=1S/C13H17NO2S/c1-10-2-4-11(5-3-10)14-12(15)13(16)6-8-17-9-7-13/h2-5,16H,6-9H2,1H3,(H,14,15). The molecule has 0 radical (unpaired) electrons. The molecule has 1 aliphatic heterocycles. The Bertz CT molecular complexity index is 396. The molecule has 92 valence electrons. The topological polar surface area (TPSA) is 49.3 Å². The van der Waals surface area contributed by atoms with Gasteiger partial charge in [-0.1, -0.05) is 17.7 Å². The smallest absolute Gasteiger partial charge is 0.256 e. The van der Waals surface area contributed by atoms with Crippen LogP contribution in [-0.2, 0) is 4.79 Å². The third kappa shape index (κ3) is 3.01. The molecule has 2 rings (SSSR count). The van der Waals surface area contributed by atoms with Crippen molar-refractivity contribution in [3.8, 4) is 0 Å². The molecule has 1 aliphatic rings. The van der Waals surface area contributed by atoms with Gasteiger partial charge in [-0.05, 0) is 43.4 Å². The van der Waals surface area contributed by atoms with Crippen LogP contribution in [0.15, 0.2) is 24.3 Å². The van der Waals surface area contributed by atoms with Gasteiger partial charge >= 0.3 is 0 Å². The molecule has 0 saturated carbocycles. The Morgan fingerprint density at radius 1 is 1.29 bits per heavy atom. The van der Waals surface area contributed by atoms with Gasteiger partial charge < -0.3 is 10.4 Å². The van der Waals surface area contributed by atoms with Crippen LogP contribution in [0.25, 0.3) is 0 Å². The summed E-state index contributed by atoms with van der Waals surface area (Å²) in [5.74, 6) is 1.41. The minimum Gasteiger partial charge on any atom is -0.380 e. The summed E-state index contributed by atoms with van der Waals surface area (Å²) in [6, 6.07) is 7.59. The first kappa shape index (κ1) is 12.5. The average Bonchev–Trinajstić information content (AvgIpc) is 2.33. The highest BCUT2D eigenvalue weighted by Gasteiger charge is 2.37. The number of hydrogen-bond donors (Lipinski definition) is 2. The predicted molar refractivity (Wildman–Crippen MR) is 71.3 cm³/mol. The monoisotopic (exact) mass is 251 g/mol. The molecule has 1 fully saturated rings.